The van der Waals surface area contributed by atoms with Gasteiger partial charge in [0.1, 0.15) is 5.82 Å². The number of rotatable bonds is 6. The maximum Gasteiger partial charge on any atom is 0.124 e. The summed E-state index contributed by atoms with van der Waals surface area (Å²) in [6, 6.07) is 5.25. The molecule has 0 bridgehead atoms. The summed E-state index contributed by atoms with van der Waals surface area (Å²) in [4.78, 5) is 0. The molecule has 1 fully saturated rings. The number of hydrogen-bond acceptors (Lipinski definition) is 2. The first-order chi connectivity index (χ1) is 7.75. The molecular weight excluding hydrogens is 227 g/mol. The largest absolute Gasteiger partial charge is 0.313 e. The lowest BCUT2D eigenvalue weighted by atomic mass is 10.2. The zero-order valence-corrected chi connectivity index (χ0v) is 9.86. The van der Waals surface area contributed by atoms with Crippen molar-refractivity contribution in [3.63, 3.8) is 0 Å². The lowest BCUT2D eigenvalue weighted by molar-refractivity contribution is 0.605. The Bertz CT molecular complexity index is 353. The standard InChI is InChI=1S/C12H16ClFN2/c13-12-7-10(14)2-1-9(12)8-15-5-6-16-11-3-4-11/h1-2,7,11,15-16H,3-6,8H2. The van der Waals surface area contributed by atoms with E-state index in [2.05, 4.69) is 10.6 Å². The Morgan fingerprint density at radius 3 is 2.81 bits per heavy atom. The SMILES string of the molecule is Fc1ccc(CNCCNC2CC2)c(Cl)c1. The van der Waals surface area contributed by atoms with Gasteiger partial charge in [0.25, 0.3) is 0 Å². The van der Waals surface area contributed by atoms with Gasteiger partial charge >= 0.3 is 0 Å². The Morgan fingerprint density at radius 2 is 2.12 bits per heavy atom. The van der Waals surface area contributed by atoms with Gasteiger partial charge in [-0.25, -0.2) is 4.39 Å². The Hall–Kier alpha value is -0.640. The highest BCUT2D eigenvalue weighted by Gasteiger charge is 2.19. The molecule has 1 aromatic rings. The summed E-state index contributed by atoms with van der Waals surface area (Å²) in [7, 11) is 0. The quantitative estimate of drug-likeness (QED) is 0.749. The molecule has 0 spiro atoms. The van der Waals surface area contributed by atoms with Crippen LogP contribution in [0.2, 0.25) is 5.02 Å². The summed E-state index contributed by atoms with van der Waals surface area (Å²) < 4.78 is 12.8. The summed E-state index contributed by atoms with van der Waals surface area (Å²) in [6.07, 6.45) is 2.62. The third-order valence-corrected chi connectivity index (χ3v) is 2.99. The van der Waals surface area contributed by atoms with Crippen LogP contribution in [0.15, 0.2) is 18.2 Å². The Kier molecular flexibility index (Phi) is 4.16. The summed E-state index contributed by atoms with van der Waals surface area (Å²) in [5.41, 5.74) is 0.939. The molecule has 2 rings (SSSR count). The molecule has 0 radical (unpaired) electrons. The summed E-state index contributed by atoms with van der Waals surface area (Å²) in [5.74, 6) is -0.288. The molecule has 1 saturated carbocycles. The predicted molar refractivity (Wildman–Crippen MR) is 64.1 cm³/mol. The number of nitrogens with one attached hydrogen (secondary N) is 2. The van der Waals surface area contributed by atoms with Crippen LogP contribution in [0.5, 0.6) is 0 Å². The molecule has 2 N–H and O–H groups in total. The molecule has 0 heterocycles. The van der Waals surface area contributed by atoms with Gasteiger partial charge in [0.15, 0.2) is 0 Å². The molecule has 1 aliphatic carbocycles. The molecule has 0 aliphatic heterocycles. The third-order valence-electron chi connectivity index (χ3n) is 2.64. The van der Waals surface area contributed by atoms with Crippen LogP contribution in [0.3, 0.4) is 0 Å². The van der Waals surface area contributed by atoms with Gasteiger partial charge in [-0.15, -0.1) is 0 Å². The molecule has 0 saturated heterocycles. The van der Waals surface area contributed by atoms with Crippen molar-refractivity contribution >= 4 is 11.6 Å². The van der Waals surface area contributed by atoms with Crippen molar-refractivity contribution in [2.75, 3.05) is 13.1 Å². The fraction of sp³-hybridized carbons (Fsp3) is 0.500. The van der Waals surface area contributed by atoms with Gasteiger partial charge < -0.3 is 10.6 Å². The predicted octanol–water partition coefficient (Wildman–Crippen LogP) is 2.32. The number of hydrogen-bond donors (Lipinski definition) is 2. The fourth-order valence-corrected chi connectivity index (χ4v) is 1.77. The number of benzene rings is 1. The monoisotopic (exact) mass is 242 g/mol. The smallest absolute Gasteiger partial charge is 0.124 e. The molecule has 0 amide bonds. The second-order valence-corrected chi connectivity index (χ2v) is 4.55. The lowest BCUT2D eigenvalue weighted by Gasteiger charge is -2.07. The maximum atomic E-state index is 12.8. The summed E-state index contributed by atoms with van der Waals surface area (Å²) >= 11 is 5.91. The van der Waals surface area contributed by atoms with E-state index in [0.717, 1.165) is 24.7 Å². The molecule has 1 aromatic carbocycles. The molecule has 2 nitrogen and oxygen atoms in total. The van der Waals surface area contributed by atoms with Crippen LogP contribution in [-0.2, 0) is 6.54 Å². The molecule has 0 atom stereocenters. The van der Waals surface area contributed by atoms with Gasteiger partial charge in [0.05, 0.1) is 0 Å². The van der Waals surface area contributed by atoms with Crippen molar-refractivity contribution < 1.29 is 4.39 Å². The first kappa shape index (κ1) is 11.8. The van der Waals surface area contributed by atoms with Gasteiger partial charge in [-0.2, -0.15) is 0 Å². The minimum absolute atomic E-state index is 0.288. The van der Waals surface area contributed by atoms with E-state index >= 15 is 0 Å². The molecule has 4 heteroatoms. The summed E-state index contributed by atoms with van der Waals surface area (Å²) in [6.45, 7) is 2.57. The van der Waals surface area contributed by atoms with E-state index in [0.29, 0.717) is 11.6 Å². The van der Waals surface area contributed by atoms with Gasteiger partial charge in [0.2, 0.25) is 0 Å². The van der Waals surface area contributed by atoms with E-state index in [-0.39, 0.29) is 5.82 Å². The second-order valence-electron chi connectivity index (χ2n) is 4.14. The molecular formula is C12H16ClFN2. The average Bonchev–Trinajstić information content (AvgIpc) is 3.04. The molecule has 16 heavy (non-hydrogen) atoms. The number of halogens is 2. The van der Waals surface area contributed by atoms with Crippen LogP contribution >= 0.6 is 11.6 Å². The van der Waals surface area contributed by atoms with E-state index in [1.54, 1.807) is 6.07 Å². The van der Waals surface area contributed by atoms with Crippen molar-refractivity contribution in [2.24, 2.45) is 0 Å². The van der Waals surface area contributed by atoms with Crippen molar-refractivity contribution in [3.05, 3.63) is 34.6 Å². The second kappa shape index (κ2) is 5.62. The van der Waals surface area contributed by atoms with E-state index in [1.807, 2.05) is 0 Å². The van der Waals surface area contributed by atoms with E-state index in [1.165, 1.54) is 25.0 Å². The topological polar surface area (TPSA) is 24.1 Å². The highest BCUT2D eigenvalue weighted by Crippen LogP contribution is 2.18. The molecule has 0 aromatic heterocycles. The zero-order valence-electron chi connectivity index (χ0n) is 9.10. The van der Waals surface area contributed by atoms with E-state index < -0.39 is 0 Å². The fourth-order valence-electron chi connectivity index (χ4n) is 1.54. The van der Waals surface area contributed by atoms with Crippen LogP contribution in [0.4, 0.5) is 4.39 Å². The zero-order chi connectivity index (χ0) is 11.4. The lowest BCUT2D eigenvalue weighted by Crippen LogP contribution is -2.28. The summed E-state index contributed by atoms with van der Waals surface area (Å²) in [5, 5.41) is 7.18. The first-order valence-electron chi connectivity index (χ1n) is 5.64. The van der Waals surface area contributed by atoms with Crippen LogP contribution in [0, 0.1) is 5.82 Å². The molecule has 1 aliphatic rings. The van der Waals surface area contributed by atoms with Gasteiger partial charge in [-0.05, 0) is 30.5 Å². The van der Waals surface area contributed by atoms with Crippen LogP contribution < -0.4 is 10.6 Å². The minimum atomic E-state index is -0.288. The highest BCUT2D eigenvalue weighted by molar-refractivity contribution is 6.31. The van der Waals surface area contributed by atoms with Gasteiger partial charge in [-0.1, -0.05) is 17.7 Å². The van der Waals surface area contributed by atoms with Crippen LogP contribution in [0.25, 0.3) is 0 Å². The van der Waals surface area contributed by atoms with E-state index in [4.69, 9.17) is 11.6 Å². The molecule has 0 unspecified atom stereocenters. The third kappa shape index (κ3) is 3.74. The average molecular weight is 243 g/mol. The van der Waals surface area contributed by atoms with Crippen LogP contribution in [-0.4, -0.2) is 19.1 Å². The Balaban J connectivity index is 1.67. The normalized spacial score (nSPS) is 15.4. The van der Waals surface area contributed by atoms with Gasteiger partial charge in [-0.3, -0.25) is 0 Å². The molecule has 88 valence electrons. The highest BCUT2D eigenvalue weighted by atomic mass is 35.5. The van der Waals surface area contributed by atoms with Crippen molar-refractivity contribution in [3.8, 4) is 0 Å². The van der Waals surface area contributed by atoms with Crippen molar-refractivity contribution in [1.29, 1.82) is 0 Å². The maximum absolute atomic E-state index is 12.8. The van der Waals surface area contributed by atoms with Crippen LogP contribution in [0.1, 0.15) is 18.4 Å². The Labute approximate surface area is 100 Å². The minimum Gasteiger partial charge on any atom is -0.313 e. The Morgan fingerprint density at radius 1 is 1.31 bits per heavy atom. The van der Waals surface area contributed by atoms with Gasteiger partial charge in [0, 0.05) is 30.7 Å². The van der Waals surface area contributed by atoms with Crippen molar-refractivity contribution in [2.45, 2.75) is 25.4 Å². The first-order valence-corrected chi connectivity index (χ1v) is 6.01. The van der Waals surface area contributed by atoms with E-state index in [9.17, 15) is 4.39 Å². The van der Waals surface area contributed by atoms with Crippen molar-refractivity contribution in [1.82, 2.24) is 10.6 Å².